The van der Waals surface area contributed by atoms with Crippen molar-refractivity contribution in [1.29, 1.82) is 0 Å². The van der Waals surface area contributed by atoms with Gasteiger partial charge in [0.1, 0.15) is 0 Å². The van der Waals surface area contributed by atoms with Crippen molar-refractivity contribution in [3.05, 3.63) is 27.7 Å². The lowest BCUT2D eigenvalue weighted by molar-refractivity contribution is 0.0935. The molecule has 1 unspecified atom stereocenters. The molecule has 3 N–H and O–H groups in total. The highest BCUT2D eigenvalue weighted by Gasteiger charge is 2.29. The Morgan fingerprint density at radius 3 is 2.55 bits per heavy atom. The Kier molecular flexibility index (Phi) is 4.22. The van der Waals surface area contributed by atoms with E-state index in [1.807, 2.05) is 6.92 Å². The van der Waals surface area contributed by atoms with Crippen LogP contribution in [0.1, 0.15) is 35.7 Å². The maximum absolute atomic E-state index is 12.3. The van der Waals surface area contributed by atoms with Crippen LogP contribution < -0.4 is 10.5 Å². The predicted molar refractivity (Wildman–Crippen MR) is 79.9 cm³/mol. The highest BCUT2D eigenvalue weighted by molar-refractivity contribution is 9.10. The van der Waals surface area contributed by atoms with Gasteiger partial charge in [-0.25, -0.2) is 13.6 Å². The maximum atomic E-state index is 12.3. The zero-order chi connectivity index (χ0) is 15.1. The molecule has 1 fully saturated rings. The molecule has 2 rings (SSSR count). The molecule has 1 aliphatic carbocycles. The van der Waals surface area contributed by atoms with Gasteiger partial charge < -0.3 is 5.32 Å². The number of hydrogen-bond acceptors (Lipinski definition) is 3. The summed E-state index contributed by atoms with van der Waals surface area (Å²) < 4.78 is 23.6. The van der Waals surface area contributed by atoms with Crippen molar-refractivity contribution in [2.75, 3.05) is 0 Å². The van der Waals surface area contributed by atoms with Gasteiger partial charge in [-0.2, -0.15) is 0 Å². The second kappa shape index (κ2) is 5.46. The first-order valence-electron chi connectivity index (χ1n) is 6.34. The number of benzene rings is 1. The summed E-state index contributed by atoms with van der Waals surface area (Å²) in [6.45, 7) is 3.55. The van der Waals surface area contributed by atoms with E-state index in [9.17, 15) is 13.2 Å². The molecule has 1 saturated carbocycles. The summed E-state index contributed by atoms with van der Waals surface area (Å²) in [5.41, 5.74) is 0.701. The Balaban J connectivity index is 2.35. The third kappa shape index (κ3) is 3.39. The summed E-state index contributed by atoms with van der Waals surface area (Å²) >= 11 is 3.22. The number of sulfonamides is 1. The Bertz CT molecular complexity index is 654. The van der Waals surface area contributed by atoms with Gasteiger partial charge in [-0.3, -0.25) is 4.79 Å². The number of nitrogens with one attached hydrogen (secondary N) is 1. The fraction of sp³-hybridized carbons (Fsp3) is 0.462. The van der Waals surface area contributed by atoms with E-state index in [4.69, 9.17) is 5.14 Å². The minimum Gasteiger partial charge on any atom is -0.349 e. The van der Waals surface area contributed by atoms with Gasteiger partial charge >= 0.3 is 0 Å². The number of carbonyl (C=O) groups is 1. The average molecular weight is 361 g/mol. The molecular weight excluding hydrogens is 344 g/mol. The molecule has 1 atom stereocenters. The summed E-state index contributed by atoms with van der Waals surface area (Å²) in [7, 11) is -3.85. The molecule has 7 heteroatoms. The minimum absolute atomic E-state index is 0.0314. The fourth-order valence-corrected chi connectivity index (χ4v) is 3.62. The van der Waals surface area contributed by atoms with Crippen molar-refractivity contribution in [2.24, 2.45) is 11.1 Å². The fourth-order valence-electron chi connectivity index (χ4n) is 2.18. The lowest BCUT2D eigenvalue weighted by atomic mass is 10.1. The molecule has 20 heavy (non-hydrogen) atoms. The number of halogens is 1. The van der Waals surface area contributed by atoms with E-state index in [1.54, 1.807) is 13.0 Å². The van der Waals surface area contributed by atoms with Gasteiger partial charge in [0, 0.05) is 16.1 Å². The molecule has 0 aliphatic heterocycles. The Hall–Kier alpha value is -0.920. The Morgan fingerprint density at radius 1 is 1.45 bits per heavy atom. The second-order valence-electron chi connectivity index (χ2n) is 5.22. The van der Waals surface area contributed by atoms with Gasteiger partial charge in [-0.1, -0.05) is 15.9 Å². The zero-order valence-electron chi connectivity index (χ0n) is 11.3. The second-order valence-corrected chi connectivity index (χ2v) is 7.67. The van der Waals surface area contributed by atoms with Gasteiger partial charge in [0.15, 0.2) is 0 Å². The van der Waals surface area contributed by atoms with Gasteiger partial charge in [-0.05, 0) is 50.3 Å². The van der Waals surface area contributed by atoms with E-state index in [2.05, 4.69) is 21.2 Å². The third-order valence-electron chi connectivity index (χ3n) is 3.56. The number of nitrogens with two attached hydrogens (primary N) is 1. The number of carbonyl (C=O) groups excluding carboxylic acids is 1. The van der Waals surface area contributed by atoms with E-state index in [1.165, 1.54) is 6.07 Å². The normalized spacial score (nSPS) is 16.8. The largest absolute Gasteiger partial charge is 0.349 e. The Morgan fingerprint density at radius 2 is 2.05 bits per heavy atom. The molecule has 1 aromatic carbocycles. The zero-order valence-corrected chi connectivity index (χ0v) is 13.7. The van der Waals surface area contributed by atoms with Crippen molar-refractivity contribution >= 4 is 31.9 Å². The summed E-state index contributed by atoms with van der Waals surface area (Å²) in [6, 6.07) is 3.11. The van der Waals surface area contributed by atoms with Crippen LogP contribution in [0.15, 0.2) is 21.5 Å². The number of amides is 1. The van der Waals surface area contributed by atoms with Crippen LogP contribution >= 0.6 is 15.9 Å². The van der Waals surface area contributed by atoms with Crippen LogP contribution in [-0.2, 0) is 10.0 Å². The van der Waals surface area contributed by atoms with Crippen molar-refractivity contribution in [1.82, 2.24) is 5.32 Å². The van der Waals surface area contributed by atoms with Crippen molar-refractivity contribution in [3.8, 4) is 0 Å². The minimum atomic E-state index is -3.85. The van der Waals surface area contributed by atoms with E-state index in [-0.39, 0.29) is 16.8 Å². The topological polar surface area (TPSA) is 89.3 Å². The summed E-state index contributed by atoms with van der Waals surface area (Å²) in [5, 5.41) is 8.08. The van der Waals surface area contributed by atoms with Crippen LogP contribution in [0.25, 0.3) is 0 Å². The SMILES string of the molecule is Cc1c(C(=O)NC(C)C2CC2)cc(Br)cc1S(N)(=O)=O. The first-order valence-corrected chi connectivity index (χ1v) is 8.68. The average Bonchev–Trinajstić information content (AvgIpc) is 3.13. The third-order valence-corrected chi connectivity index (χ3v) is 5.06. The molecule has 0 saturated heterocycles. The maximum Gasteiger partial charge on any atom is 0.251 e. The predicted octanol–water partition coefficient (Wildman–Crippen LogP) is 1.93. The van der Waals surface area contributed by atoms with Crippen LogP contribution in [0.3, 0.4) is 0 Å². The molecule has 1 aliphatic rings. The molecule has 0 spiro atoms. The standard InChI is InChI=1S/C13H17BrN2O3S/c1-7-11(13(17)16-8(2)9-3-4-9)5-10(14)6-12(7)20(15,18)19/h5-6,8-9H,3-4H2,1-2H3,(H,16,17)(H2,15,18,19). The number of hydrogen-bond donors (Lipinski definition) is 2. The van der Waals surface area contributed by atoms with E-state index >= 15 is 0 Å². The van der Waals surface area contributed by atoms with Crippen LogP contribution in [-0.4, -0.2) is 20.4 Å². The van der Waals surface area contributed by atoms with Gasteiger partial charge in [0.05, 0.1) is 4.90 Å². The van der Waals surface area contributed by atoms with Gasteiger partial charge in [0.2, 0.25) is 10.0 Å². The molecule has 110 valence electrons. The van der Waals surface area contributed by atoms with Crippen molar-refractivity contribution in [2.45, 2.75) is 37.6 Å². The molecule has 0 radical (unpaired) electrons. The molecule has 0 heterocycles. The summed E-state index contributed by atoms with van der Waals surface area (Å²) in [5.74, 6) is 0.261. The van der Waals surface area contributed by atoms with Gasteiger partial charge in [-0.15, -0.1) is 0 Å². The summed E-state index contributed by atoms with van der Waals surface area (Å²) in [6.07, 6.45) is 2.25. The number of primary sulfonamides is 1. The van der Waals surface area contributed by atoms with Gasteiger partial charge in [0.25, 0.3) is 5.91 Å². The number of rotatable bonds is 4. The van der Waals surface area contributed by atoms with Crippen LogP contribution in [0, 0.1) is 12.8 Å². The van der Waals surface area contributed by atoms with E-state index in [0.717, 1.165) is 12.8 Å². The Labute approximate surface area is 127 Å². The molecular formula is C13H17BrN2O3S. The highest BCUT2D eigenvalue weighted by Crippen LogP contribution is 2.32. The first-order chi connectivity index (χ1) is 9.20. The van der Waals surface area contributed by atoms with Crippen molar-refractivity contribution < 1.29 is 13.2 Å². The quantitative estimate of drug-likeness (QED) is 0.859. The summed E-state index contributed by atoms with van der Waals surface area (Å²) in [4.78, 5) is 12.2. The smallest absolute Gasteiger partial charge is 0.251 e. The first kappa shape index (κ1) is 15.5. The molecule has 1 amide bonds. The van der Waals surface area contributed by atoms with Crippen LogP contribution in [0.4, 0.5) is 0 Å². The van der Waals surface area contributed by atoms with Crippen molar-refractivity contribution in [3.63, 3.8) is 0 Å². The monoisotopic (exact) mass is 360 g/mol. The van der Waals surface area contributed by atoms with Crippen LogP contribution in [0.5, 0.6) is 0 Å². The molecule has 1 aromatic rings. The van der Waals surface area contributed by atoms with Crippen LogP contribution in [0.2, 0.25) is 0 Å². The van der Waals surface area contributed by atoms with E-state index < -0.39 is 10.0 Å². The van der Waals surface area contributed by atoms with E-state index in [0.29, 0.717) is 21.5 Å². The molecule has 0 aromatic heterocycles. The lowest BCUT2D eigenvalue weighted by Gasteiger charge is -2.15. The lowest BCUT2D eigenvalue weighted by Crippen LogP contribution is -2.34. The molecule has 5 nitrogen and oxygen atoms in total. The molecule has 0 bridgehead atoms. The highest BCUT2D eigenvalue weighted by atomic mass is 79.9.